The van der Waals surface area contributed by atoms with Crippen LogP contribution in [0.3, 0.4) is 0 Å². The van der Waals surface area contributed by atoms with Gasteiger partial charge in [-0.25, -0.2) is 4.98 Å². The van der Waals surface area contributed by atoms with Gasteiger partial charge in [-0.15, -0.1) is 11.8 Å². The van der Waals surface area contributed by atoms with E-state index in [0.29, 0.717) is 0 Å². The number of H-pyrrole nitrogens is 1. The molecule has 0 aliphatic heterocycles. The molecule has 0 bridgehead atoms. The molecule has 0 unspecified atom stereocenters. The molecular weight excluding hydrogens is 518 g/mol. The highest BCUT2D eigenvalue weighted by molar-refractivity contribution is 7.98. The molecule has 202 valence electrons. The number of nitrogens with one attached hydrogen (secondary N) is 2. The van der Waals surface area contributed by atoms with Crippen molar-refractivity contribution in [1.29, 1.82) is 0 Å². The summed E-state index contributed by atoms with van der Waals surface area (Å²) in [6, 6.07) is 36.8. The molecule has 0 saturated heterocycles. The smallest absolute Gasteiger partial charge is 0.138 e. The third-order valence-corrected chi connectivity index (χ3v) is 9.26. The zero-order valence-electron chi connectivity index (χ0n) is 23.1. The third-order valence-electron chi connectivity index (χ3n) is 8.17. The predicted octanol–water partition coefficient (Wildman–Crippen LogP) is 10.5. The van der Waals surface area contributed by atoms with E-state index in [4.69, 9.17) is 4.98 Å². The molecule has 2 N–H and O–H groups in total. The average molecular weight is 552 g/mol. The molecular formula is C37H33N3S. The fourth-order valence-corrected chi connectivity index (χ4v) is 6.70. The number of fused-ring (bicyclic) bond motifs is 3. The topological polar surface area (TPSA) is 40.7 Å². The van der Waals surface area contributed by atoms with Crippen molar-refractivity contribution in [3.8, 4) is 22.3 Å². The standard InChI is InChI=1S/C37H33N3S/c1-25(21-26-9-8-10-26)39-30-18-16-28(17-19-30)33-23-38-37-36(35(33)29-11-4-2-5-12-29)32-22-27(15-20-34(32)40-37)24-41-31-13-6-3-7-14-31/h2-7,11-20,22-23,26,39H,1,8-10,21,24H2,(H,38,40). The Morgan fingerprint density at radius 1 is 0.878 bits per heavy atom. The molecule has 4 heteroatoms. The van der Waals surface area contributed by atoms with Crippen LogP contribution >= 0.6 is 11.8 Å². The van der Waals surface area contributed by atoms with Crippen molar-refractivity contribution < 1.29 is 0 Å². The average Bonchev–Trinajstić information content (AvgIpc) is 3.37. The maximum absolute atomic E-state index is 4.93. The minimum absolute atomic E-state index is 0.800. The SMILES string of the molecule is C=C(CC1CCC1)Nc1ccc(-c2cnc3[nH]c4ccc(CSc5ccccc5)cc4c3c2-c2ccccc2)cc1. The number of nitrogens with zero attached hydrogens (tertiary/aromatic N) is 1. The fourth-order valence-electron chi connectivity index (χ4n) is 5.83. The summed E-state index contributed by atoms with van der Waals surface area (Å²) >= 11 is 1.87. The first-order chi connectivity index (χ1) is 20.2. The van der Waals surface area contributed by atoms with Gasteiger partial charge in [0.1, 0.15) is 5.65 Å². The number of benzene rings is 4. The summed E-state index contributed by atoms with van der Waals surface area (Å²) in [4.78, 5) is 9.80. The lowest BCUT2D eigenvalue weighted by molar-refractivity contribution is 0.314. The largest absolute Gasteiger partial charge is 0.359 e. The molecule has 0 spiro atoms. The molecule has 1 saturated carbocycles. The molecule has 1 aliphatic carbocycles. The summed E-state index contributed by atoms with van der Waals surface area (Å²) in [5.74, 6) is 1.72. The van der Waals surface area contributed by atoms with Crippen LogP contribution in [-0.2, 0) is 5.75 Å². The number of aromatic nitrogens is 2. The number of hydrogen-bond acceptors (Lipinski definition) is 3. The number of anilines is 1. The van der Waals surface area contributed by atoms with Gasteiger partial charge in [-0.1, -0.05) is 92.6 Å². The summed E-state index contributed by atoms with van der Waals surface area (Å²) in [7, 11) is 0. The molecule has 7 rings (SSSR count). The van der Waals surface area contributed by atoms with Crippen molar-refractivity contribution in [2.75, 3.05) is 5.32 Å². The predicted molar refractivity (Wildman–Crippen MR) is 175 cm³/mol. The molecule has 41 heavy (non-hydrogen) atoms. The molecule has 6 aromatic rings. The summed E-state index contributed by atoms with van der Waals surface area (Å²) in [6.07, 6.45) is 7.10. The van der Waals surface area contributed by atoms with E-state index in [1.165, 1.54) is 51.6 Å². The molecule has 1 aliphatic rings. The van der Waals surface area contributed by atoms with Gasteiger partial charge >= 0.3 is 0 Å². The quantitative estimate of drug-likeness (QED) is 0.176. The Kier molecular flexibility index (Phi) is 7.08. The molecule has 2 heterocycles. The van der Waals surface area contributed by atoms with Gasteiger partial charge in [-0.05, 0) is 65.4 Å². The minimum Gasteiger partial charge on any atom is -0.359 e. The Balaban J connectivity index is 1.27. The van der Waals surface area contributed by atoms with Crippen LogP contribution in [0.2, 0.25) is 0 Å². The van der Waals surface area contributed by atoms with Crippen molar-refractivity contribution >= 4 is 39.4 Å². The van der Waals surface area contributed by atoms with E-state index in [2.05, 4.69) is 120 Å². The number of pyridine rings is 1. The lowest BCUT2D eigenvalue weighted by atomic mass is 9.82. The Bertz CT molecular complexity index is 1820. The summed E-state index contributed by atoms with van der Waals surface area (Å²) in [5, 5.41) is 5.91. The lowest BCUT2D eigenvalue weighted by Crippen LogP contribution is -2.13. The van der Waals surface area contributed by atoms with Crippen molar-refractivity contribution in [2.24, 2.45) is 5.92 Å². The maximum atomic E-state index is 4.93. The van der Waals surface area contributed by atoms with Crippen molar-refractivity contribution in [1.82, 2.24) is 9.97 Å². The molecule has 4 aromatic carbocycles. The van der Waals surface area contributed by atoms with Crippen LogP contribution in [-0.4, -0.2) is 9.97 Å². The fraction of sp³-hybridized carbons (Fsp3) is 0.162. The van der Waals surface area contributed by atoms with E-state index in [9.17, 15) is 0 Å². The van der Waals surface area contributed by atoms with E-state index in [0.717, 1.165) is 51.8 Å². The Morgan fingerprint density at radius 2 is 1.63 bits per heavy atom. The highest BCUT2D eigenvalue weighted by Crippen LogP contribution is 2.41. The van der Waals surface area contributed by atoms with Crippen molar-refractivity contribution in [3.63, 3.8) is 0 Å². The van der Waals surface area contributed by atoms with Crippen molar-refractivity contribution in [2.45, 2.75) is 36.3 Å². The van der Waals surface area contributed by atoms with Gasteiger partial charge in [-0.3, -0.25) is 0 Å². The van der Waals surface area contributed by atoms with Crippen LogP contribution < -0.4 is 5.32 Å². The van der Waals surface area contributed by atoms with Crippen LogP contribution in [0.5, 0.6) is 0 Å². The first-order valence-corrected chi connectivity index (χ1v) is 15.4. The number of hydrogen-bond donors (Lipinski definition) is 2. The second kappa shape index (κ2) is 11.3. The van der Waals surface area contributed by atoms with Gasteiger partial charge < -0.3 is 10.3 Å². The number of allylic oxidation sites excluding steroid dienone is 1. The highest BCUT2D eigenvalue weighted by Gasteiger charge is 2.19. The zero-order chi connectivity index (χ0) is 27.6. The van der Waals surface area contributed by atoms with Crippen LogP contribution in [0, 0.1) is 5.92 Å². The Morgan fingerprint density at radius 3 is 2.37 bits per heavy atom. The first-order valence-electron chi connectivity index (χ1n) is 14.4. The van der Waals surface area contributed by atoms with E-state index in [1.807, 2.05) is 18.0 Å². The Labute approximate surface area is 245 Å². The number of aromatic amines is 1. The second-order valence-corrected chi connectivity index (χ2v) is 12.1. The monoisotopic (exact) mass is 551 g/mol. The molecule has 0 atom stereocenters. The van der Waals surface area contributed by atoms with Gasteiger partial charge in [0, 0.05) is 55.6 Å². The molecule has 2 aromatic heterocycles. The number of rotatable bonds is 9. The van der Waals surface area contributed by atoms with Gasteiger partial charge in [0.05, 0.1) is 0 Å². The van der Waals surface area contributed by atoms with Gasteiger partial charge in [-0.2, -0.15) is 0 Å². The third kappa shape index (κ3) is 5.40. The zero-order valence-corrected chi connectivity index (χ0v) is 23.9. The second-order valence-electron chi connectivity index (χ2n) is 11.1. The highest BCUT2D eigenvalue weighted by atomic mass is 32.2. The molecule has 1 fully saturated rings. The lowest BCUT2D eigenvalue weighted by Gasteiger charge is -2.26. The molecule has 0 radical (unpaired) electrons. The summed E-state index contributed by atoms with van der Waals surface area (Å²) in [5.41, 5.74) is 10.2. The van der Waals surface area contributed by atoms with E-state index < -0.39 is 0 Å². The van der Waals surface area contributed by atoms with E-state index in [-0.39, 0.29) is 0 Å². The maximum Gasteiger partial charge on any atom is 0.138 e. The van der Waals surface area contributed by atoms with Gasteiger partial charge in [0.2, 0.25) is 0 Å². The van der Waals surface area contributed by atoms with Crippen LogP contribution in [0.25, 0.3) is 44.2 Å². The van der Waals surface area contributed by atoms with E-state index in [1.54, 1.807) is 0 Å². The minimum atomic E-state index is 0.800. The van der Waals surface area contributed by atoms with E-state index >= 15 is 0 Å². The van der Waals surface area contributed by atoms with Crippen molar-refractivity contribution in [3.05, 3.63) is 127 Å². The van der Waals surface area contributed by atoms with Crippen LogP contribution in [0.1, 0.15) is 31.2 Å². The number of thioether (sulfide) groups is 1. The van der Waals surface area contributed by atoms with Gasteiger partial charge in [0.15, 0.2) is 0 Å². The van der Waals surface area contributed by atoms with Crippen LogP contribution in [0.4, 0.5) is 5.69 Å². The summed E-state index contributed by atoms with van der Waals surface area (Å²) < 4.78 is 0. The molecule has 3 nitrogen and oxygen atoms in total. The summed E-state index contributed by atoms with van der Waals surface area (Å²) in [6.45, 7) is 4.27. The van der Waals surface area contributed by atoms with Gasteiger partial charge in [0.25, 0.3) is 0 Å². The molecule has 0 amide bonds. The first kappa shape index (κ1) is 25.7. The van der Waals surface area contributed by atoms with Crippen LogP contribution in [0.15, 0.2) is 126 Å². The Hall–Kier alpha value is -4.28. The normalized spacial score (nSPS) is 13.4.